The van der Waals surface area contributed by atoms with Crippen molar-refractivity contribution in [1.82, 2.24) is 5.43 Å². The van der Waals surface area contributed by atoms with Crippen LogP contribution in [0.25, 0.3) is 0 Å². The molecular weight excluding hydrogens is 328 g/mol. The van der Waals surface area contributed by atoms with E-state index in [1.807, 2.05) is 24.3 Å². The number of benzene rings is 2. The Balaban J connectivity index is 1.65. The van der Waals surface area contributed by atoms with Gasteiger partial charge in [-0.2, -0.15) is 5.10 Å². The van der Waals surface area contributed by atoms with E-state index in [1.165, 1.54) is 0 Å². The van der Waals surface area contributed by atoms with Gasteiger partial charge in [-0.15, -0.1) is 0 Å². The average molecular weight is 345 g/mol. The van der Waals surface area contributed by atoms with E-state index in [-0.39, 0.29) is 5.91 Å². The van der Waals surface area contributed by atoms with Gasteiger partial charge < -0.3 is 9.47 Å². The molecule has 0 bridgehead atoms. The lowest BCUT2D eigenvalue weighted by Crippen LogP contribution is -2.34. The molecule has 1 aliphatic rings. The molecule has 2 aromatic carbocycles. The van der Waals surface area contributed by atoms with Crippen molar-refractivity contribution in [3.63, 3.8) is 0 Å². The first-order chi connectivity index (χ1) is 11.6. The molecule has 0 aromatic heterocycles. The fourth-order valence-electron chi connectivity index (χ4n) is 2.35. The summed E-state index contributed by atoms with van der Waals surface area (Å²) in [5, 5.41) is 4.79. The minimum absolute atomic E-state index is 0.327. The van der Waals surface area contributed by atoms with Crippen LogP contribution in [0, 0.1) is 0 Å². The predicted octanol–water partition coefficient (Wildman–Crippen LogP) is 3.41. The van der Waals surface area contributed by atoms with E-state index in [1.54, 1.807) is 31.2 Å². The van der Waals surface area contributed by atoms with Crippen LogP contribution in [0.5, 0.6) is 11.5 Å². The fourth-order valence-corrected chi connectivity index (χ4v) is 2.53. The van der Waals surface area contributed by atoms with Gasteiger partial charge in [-0.25, -0.2) is 5.43 Å². The molecule has 1 heterocycles. The standard InChI is InChI=1S/C18H17ClN2O3/c1-12(24-14-6-4-5-13(19)11-14)18(22)21-20-16-9-10-23-17-8-3-2-7-15(16)17/h2-8,11-12H,9-10H2,1H3,(H,21,22)/b20-16+. The lowest BCUT2D eigenvalue weighted by Gasteiger charge is -2.19. The molecule has 1 unspecified atom stereocenters. The summed E-state index contributed by atoms with van der Waals surface area (Å²) in [5.74, 6) is 0.987. The maximum Gasteiger partial charge on any atom is 0.280 e. The average Bonchev–Trinajstić information content (AvgIpc) is 2.59. The Morgan fingerprint density at radius 1 is 1.29 bits per heavy atom. The molecule has 0 saturated heterocycles. The first-order valence-electron chi connectivity index (χ1n) is 7.64. The summed E-state index contributed by atoms with van der Waals surface area (Å²) in [4.78, 5) is 12.2. The van der Waals surface area contributed by atoms with Crippen LogP contribution in [-0.2, 0) is 4.79 Å². The van der Waals surface area contributed by atoms with Crippen molar-refractivity contribution in [2.75, 3.05) is 6.61 Å². The number of para-hydroxylation sites is 1. The Bertz CT molecular complexity index is 776. The largest absolute Gasteiger partial charge is 0.492 e. The zero-order valence-corrected chi connectivity index (χ0v) is 13.9. The van der Waals surface area contributed by atoms with Crippen molar-refractivity contribution in [2.24, 2.45) is 5.10 Å². The number of hydrogen-bond donors (Lipinski definition) is 1. The second kappa shape index (κ2) is 7.36. The number of carbonyl (C=O) groups is 1. The quantitative estimate of drug-likeness (QED) is 0.865. The number of ether oxygens (including phenoxy) is 2. The molecule has 24 heavy (non-hydrogen) atoms. The molecule has 5 nitrogen and oxygen atoms in total. The van der Waals surface area contributed by atoms with Gasteiger partial charge in [-0.1, -0.05) is 29.8 Å². The summed E-state index contributed by atoms with van der Waals surface area (Å²) in [6.45, 7) is 2.20. The number of hydrogen-bond acceptors (Lipinski definition) is 4. The molecule has 0 spiro atoms. The monoisotopic (exact) mass is 344 g/mol. The van der Waals surface area contributed by atoms with E-state index in [0.717, 1.165) is 17.0 Å². The minimum atomic E-state index is -0.692. The molecule has 0 fully saturated rings. The lowest BCUT2D eigenvalue weighted by atomic mass is 10.0. The summed E-state index contributed by atoms with van der Waals surface area (Å²) in [7, 11) is 0. The number of hydrazone groups is 1. The summed E-state index contributed by atoms with van der Waals surface area (Å²) >= 11 is 5.90. The smallest absolute Gasteiger partial charge is 0.280 e. The molecule has 6 heteroatoms. The third-order valence-corrected chi connectivity index (χ3v) is 3.81. The second-order valence-corrected chi connectivity index (χ2v) is 5.78. The molecule has 0 saturated carbocycles. The van der Waals surface area contributed by atoms with Gasteiger partial charge in [0.2, 0.25) is 0 Å². The van der Waals surface area contributed by atoms with Crippen LogP contribution in [0.1, 0.15) is 18.9 Å². The van der Waals surface area contributed by atoms with Crippen molar-refractivity contribution in [1.29, 1.82) is 0 Å². The normalized spacial score (nSPS) is 16.0. The Hall–Kier alpha value is -2.53. The number of carbonyl (C=O) groups excluding carboxylic acids is 1. The summed E-state index contributed by atoms with van der Waals surface area (Å²) < 4.78 is 11.1. The Kier molecular flexibility index (Phi) is 5.01. The molecule has 124 valence electrons. The number of nitrogens with one attached hydrogen (secondary N) is 1. The van der Waals surface area contributed by atoms with E-state index in [2.05, 4.69) is 10.5 Å². The van der Waals surface area contributed by atoms with Gasteiger partial charge in [0.05, 0.1) is 12.3 Å². The van der Waals surface area contributed by atoms with Crippen LogP contribution < -0.4 is 14.9 Å². The summed E-state index contributed by atoms with van der Waals surface area (Å²) in [6.07, 6.45) is -0.0521. The minimum Gasteiger partial charge on any atom is -0.492 e. The maximum atomic E-state index is 12.2. The second-order valence-electron chi connectivity index (χ2n) is 5.35. The summed E-state index contributed by atoms with van der Waals surface area (Å²) in [6, 6.07) is 14.5. The highest BCUT2D eigenvalue weighted by atomic mass is 35.5. The highest BCUT2D eigenvalue weighted by Gasteiger charge is 2.18. The first kappa shape index (κ1) is 16.3. The Morgan fingerprint density at radius 2 is 2.12 bits per heavy atom. The van der Waals surface area contributed by atoms with Crippen molar-refractivity contribution in [3.05, 3.63) is 59.1 Å². The van der Waals surface area contributed by atoms with Gasteiger partial charge in [0, 0.05) is 17.0 Å². The fraction of sp³-hybridized carbons (Fsp3) is 0.222. The van der Waals surface area contributed by atoms with E-state index < -0.39 is 6.10 Å². The van der Waals surface area contributed by atoms with Gasteiger partial charge in [0.15, 0.2) is 6.10 Å². The molecule has 1 N–H and O–H groups in total. The van der Waals surface area contributed by atoms with E-state index >= 15 is 0 Å². The lowest BCUT2D eigenvalue weighted by molar-refractivity contribution is -0.127. The SMILES string of the molecule is CC(Oc1cccc(Cl)c1)C(=O)N/N=C1\CCOc2ccccc21. The van der Waals surface area contributed by atoms with Crippen LogP contribution in [0.2, 0.25) is 5.02 Å². The van der Waals surface area contributed by atoms with Crippen molar-refractivity contribution in [3.8, 4) is 11.5 Å². The van der Waals surface area contributed by atoms with Crippen LogP contribution in [-0.4, -0.2) is 24.3 Å². The number of fused-ring (bicyclic) bond motifs is 1. The molecule has 1 atom stereocenters. The third kappa shape index (κ3) is 3.86. The molecule has 2 aromatic rings. The maximum absolute atomic E-state index is 12.2. The number of nitrogens with zero attached hydrogens (tertiary/aromatic N) is 1. The predicted molar refractivity (Wildman–Crippen MR) is 92.8 cm³/mol. The Labute approximate surface area is 145 Å². The van der Waals surface area contributed by atoms with E-state index in [4.69, 9.17) is 21.1 Å². The zero-order valence-electron chi connectivity index (χ0n) is 13.2. The van der Waals surface area contributed by atoms with Crippen LogP contribution >= 0.6 is 11.6 Å². The number of halogens is 1. The molecular formula is C18H17ClN2O3. The molecule has 1 amide bonds. The van der Waals surface area contributed by atoms with E-state index in [0.29, 0.717) is 23.8 Å². The van der Waals surface area contributed by atoms with Crippen molar-refractivity contribution >= 4 is 23.2 Å². The zero-order chi connectivity index (χ0) is 16.9. The van der Waals surface area contributed by atoms with Gasteiger partial charge in [-0.05, 0) is 37.3 Å². The van der Waals surface area contributed by atoms with Crippen LogP contribution in [0.4, 0.5) is 0 Å². The number of rotatable bonds is 4. The van der Waals surface area contributed by atoms with Gasteiger partial charge >= 0.3 is 0 Å². The number of amides is 1. The highest BCUT2D eigenvalue weighted by molar-refractivity contribution is 6.30. The molecule has 0 radical (unpaired) electrons. The van der Waals surface area contributed by atoms with Gasteiger partial charge in [-0.3, -0.25) is 4.79 Å². The third-order valence-electron chi connectivity index (χ3n) is 3.57. The van der Waals surface area contributed by atoms with Crippen LogP contribution in [0.15, 0.2) is 53.6 Å². The summed E-state index contributed by atoms with van der Waals surface area (Å²) in [5.41, 5.74) is 4.25. The van der Waals surface area contributed by atoms with Gasteiger partial charge in [0.25, 0.3) is 5.91 Å². The Morgan fingerprint density at radius 3 is 2.96 bits per heavy atom. The highest BCUT2D eigenvalue weighted by Crippen LogP contribution is 2.24. The topological polar surface area (TPSA) is 59.9 Å². The molecule has 0 aliphatic carbocycles. The molecule has 1 aliphatic heterocycles. The molecule has 3 rings (SSSR count). The van der Waals surface area contributed by atoms with E-state index in [9.17, 15) is 4.79 Å². The van der Waals surface area contributed by atoms with Gasteiger partial charge in [0.1, 0.15) is 11.5 Å². The first-order valence-corrected chi connectivity index (χ1v) is 8.02. The van der Waals surface area contributed by atoms with Crippen molar-refractivity contribution < 1.29 is 14.3 Å². The van der Waals surface area contributed by atoms with Crippen LogP contribution in [0.3, 0.4) is 0 Å². The van der Waals surface area contributed by atoms with Crippen molar-refractivity contribution in [2.45, 2.75) is 19.4 Å².